The molecule has 0 radical (unpaired) electrons. The Kier molecular flexibility index (Phi) is 3.78. The van der Waals surface area contributed by atoms with Crippen LogP contribution in [0.5, 0.6) is 0 Å². The van der Waals surface area contributed by atoms with Crippen LogP contribution in [0.4, 0.5) is 0 Å². The lowest BCUT2D eigenvalue weighted by atomic mass is 9.99. The van der Waals surface area contributed by atoms with Crippen LogP contribution in [0.1, 0.15) is 28.2 Å². The minimum absolute atomic E-state index is 0.752. The van der Waals surface area contributed by atoms with Gasteiger partial charge in [-0.25, -0.2) is 0 Å². The Bertz CT molecular complexity index is 296. The van der Waals surface area contributed by atoms with E-state index in [9.17, 15) is 0 Å². The fourth-order valence-corrected chi connectivity index (χ4v) is 3.54. The highest BCUT2D eigenvalue weighted by Gasteiger charge is 2.13. The van der Waals surface area contributed by atoms with Crippen molar-refractivity contribution < 1.29 is 0 Å². The van der Waals surface area contributed by atoms with E-state index in [0.717, 1.165) is 19.6 Å². The van der Waals surface area contributed by atoms with E-state index in [1.165, 1.54) is 30.6 Å². The smallest absolute Gasteiger partial charge is 0.0325 e. The number of hydrogen-bond acceptors (Lipinski definition) is 3. The highest BCUT2D eigenvalue weighted by atomic mass is 32.1. The molecule has 0 unspecified atom stereocenters. The molecule has 3 heteroatoms. The van der Waals surface area contributed by atoms with Crippen LogP contribution >= 0.6 is 11.3 Å². The van der Waals surface area contributed by atoms with E-state index in [0.29, 0.717) is 0 Å². The zero-order valence-corrected chi connectivity index (χ0v) is 10.3. The summed E-state index contributed by atoms with van der Waals surface area (Å²) in [5.74, 6) is 0. The van der Waals surface area contributed by atoms with E-state index >= 15 is 0 Å². The Morgan fingerprint density at radius 1 is 1.40 bits per heavy atom. The van der Waals surface area contributed by atoms with Crippen LogP contribution in [-0.2, 0) is 19.4 Å². The second-order valence-corrected chi connectivity index (χ2v) is 5.62. The number of hydrogen-bond donors (Lipinski definition) is 1. The van der Waals surface area contributed by atoms with Crippen LogP contribution in [0.3, 0.4) is 0 Å². The molecule has 15 heavy (non-hydrogen) atoms. The predicted molar refractivity (Wildman–Crippen MR) is 66.3 cm³/mol. The highest BCUT2D eigenvalue weighted by molar-refractivity contribution is 7.12. The molecule has 1 aromatic rings. The van der Waals surface area contributed by atoms with E-state index in [-0.39, 0.29) is 0 Å². The summed E-state index contributed by atoms with van der Waals surface area (Å²) in [6, 6.07) is 2.41. The molecule has 1 heterocycles. The van der Waals surface area contributed by atoms with E-state index < -0.39 is 0 Å². The zero-order chi connectivity index (χ0) is 10.7. The third-order valence-corrected chi connectivity index (χ3v) is 4.21. The molecule has 1 aliphatic rings. The SMILES string of the molecule is CN(CCN)Cc1cc2c(s1)CCCC2. The summed E-state index contributed by atoms with van der Waals surface area (Å²) in [5.41, 5.74) is 7.16. The van der Waals surface area contributed by atoms with Gasteiger partial charge < -0.3 is 10.6 Å². The van der Waals surface area contributed by atoms with Gasteiger partial charge in [-0.1, -0.05) is 0 Å². The van der Waals surface area contributed by atoms with Crippen molar-refractivity contribution in [2.45, 2.75) is 32.2 Å². The largest absolute Gasteiger partial charge is 0.329 e. The summed E-state index contributed by atoms with van der Waals surface area (Å²) in [7, 11) is 2.14. The Labute approximate surface area is 96.1 Å². The van der Waals surface area contributed by atoms with Gasteiger partial charge in [-0.3, -0.25) is 0 Å². The number of rotatable bonds is 4. The first-order valence-electron chi connectivity index (χ1n) is 5.78. The van der Waals surface area contributed by atoms with Crippen LogP contribution in [0.25, 0.3) is 0 Å². The summed E-state index contributed by atoms with van der Waals surface area (Å²) in [6.45, 7) is 2.80. The van der Waals surface area contributed by atoms with Gasteiger partial charge in [0, 0.05) is 29.4 Å². The quantitative estimate of drug-likeness (QED) is 0.848. The third-order valence-electron chi connectivity index (χ3n) is 2.98. The molecule has 0 saturated heterocycles. The lowest BCUT2D eigenvalue weighted by Crippen LogP contribution is -2.24. The number of likely N-dealkylation sites (N-methyl/N-ethyl adjacent to an activating group) is 1. The first-order chi connectivity index (χ1) is 7.29. The number of nitrogens with two attached hydrogens (primary N) is 1. The molecule has 2 rings (SSSR count). The first-order valence-corrected chi connectivity index (χ1v) is 6.60. The van der Waals surface area contributed by atoms with Gasteiger partial charge in [0.1, 0.15) is 0 Å². The van der Waals surface area contributed by atoms with E-state index in [2.05, 4.69) is 18.0 Å². The minimum atomic E-state index is 0.752. The maximum atomic E-state index is 5.54. The molecule has 1 aliphatic carbocycles. The summed E-state index contributed by atoms with van der Waals surface area (Å²) in [5, 5.41) is 0. The van der Waals surface area contributed by atoms with Crippen molar-refractivity contribution in [2.75, 3.05) is 20.1 Å². The normalized spacial score (nSPS) is 15.7. The van der Waals surface area contributed by atoms with Gasteiger partial charge in [0.25, 0.3) is 0 Å². The van der Waals surface area contributed by atoms with Gasteiger partial charge in [0.15, 0.2) is 0 Å². The van der Waals surface area contributed by atoms with Crippen molar-refractivity contribution in [2.24, 2.45) is 5.73 Å². The standard InChI is InChI=1S/C12H20N2S/c1-14(7-6-13)9-11-8-10-4-2-3-5-12(10)15-11/h8H,2-7,9,13H2,1H3. The molecule has 2 nitrogen and oxygen atoms in total. The second kappa shape index (κ2) is 5.10. The zero-order valence-electron chi connectivity index (χ0n) is 9.46. The summed E-state index contributed by atoms with van der Waals surface area (Å²) in [4.78, 5) is 5.45. The molecule has 0 aromatic carbocycles. The Balaban J connectivity index is 2.00. The average Bonchev–Trinajstić information content (AvgIpc) is 2.59. The molecule has 0 atom stereocenters. The fourth-order valence-electron chi connectivity index (χ4n) is 2.20. The number of nitrogens with zero attached hydrogens (tertiary/aromatic N) is 1. The molecule has 0 fully saturated rings. The molecule has 84 valence electrons. The molecule has 0 bridgehead atoms. The fraction of sp³-hybridized carbons (Fsp3) is 0.667. The lowest BCUT2D eigenvalue weighted by Gasteiger charge is -2.13. The van der Waals surface area contributed by atoms with Gasteiger partial charge in [-0.2, -0.15) is 0 Å². The lowest BCUT2D eigenvalue weighted by molar-refractivity contribution is 0.339. The van der Waals surface area contributed by atoms with E-state index in [4.69, 9.17) is 5.73 Å². The summed E-state index contributed by atoms with van der Waals surface area (Å²) >= 11 is 2.01. The van der Waals surface area contributed by atoms with Crippen LogP contribution in [0.2, 0.25) is 0 Å². The molecule has 0 amide bonds. The van der Waals surface area contributed by atoms with Gasteiger partial charge in [0.05, 0.1) is 0 Å². The van der Waals surface area contributed by atoms with Crippen molar-refractivity contribution in [1.82, 2.24) is 4.90 Å². The van der Waals surface area contributed by atoms with Crippen LogP contribution in [-0.4, -0.2) is 25.0 Å². The second-order valence-electron chi connectivity index (χ2n) is 4.39. The molecular weight excluding hydrogens is 204 g/mol. The monoisotopic (exact) mass is 224 g/mol. The van der Waals surface area contributed by atoms with Crippen molar-refractivity contribution in [1.29, 1.82) is 0 Å². The predicted octanol–water partition coefficient (Wildman–Crippen LogP) is 2.02. The van der Waals surface area contributed by atoms with Crippen LogP contribution < -0.4 is 5.73 Å². The van der Waals surface area contributed by atoms with Gasteiger partial charge in [-0.15, -0.1) is 11.3 Å². The van der Waals surface area contributed by atoms with Crippen LogP contribution in [0, 0.1) is 0 Å². The minimum Gasteiger partial charge on any atom is -0.329 e. The highest BCUT2D eigenvalue weighted by Crippen LogP contribution is 2.30. The van der Waals surface area contributed by atoms with Gasteiger partial charge >= 0.3 is 0 Å². The molecule has 2 N–H and O–H groups in total. The topological polar surface area (TPSA) is 29.3 Å². The maximum absolute atomic E-state index is 5.54. The average molecular weight is 224 g/mol. The first kappa shape index (κ1) is 11.1. The molecule has 1 aromatic heterocycles. The summed E-state index contributed by atoms with van der Waals surface area (Å²) < 4.78 is 0. The molecule has 0 spiro atoms. The Morgan fingerprint density at radius 3 is 2.93 bits per heavy atom. The number of aryl methyl sites for hydroxylation is 2. The van der Waals surface area contributed by atoms with Crippen molar-refractivity contribution >= 4 is 11.3 Å². The molecule has 0 saturated carbocycles. The summed E-state index contributed by atoms with van der Waals surface area (Å²) in [6.07, 6.45) is 5.36. The van der Waals surface area contributed by atoms with E-state index in [1.54, 1.807) is 10.4 Å². The third kappa shape index (κ3) is 2.80. The molecule has 0 aliphatic heterocycles. The van der Waals surface area contributed by atoms with Crippen molar-refractivity contribution in [3.8, 4) is 0 Å². The maximum Gasteiger partial charge on any atom is 0.0325 e. The van der Waals surface area contributed by atoms with E-state index in [1.807, 2.05) is 11.3 Å². The number of thiophene rings is 1. The Hall–Kier alpha value is -0.380. The van der Waals surface area contributed by atoms with Gasteiger partial charge in [0.2, 0.25) is 0 Å². The number of fused-ring (bicyclic) bond motifs is 1. The Morgan fingerprint density at radius 2 is 2.20 bits per heavy atom. The van der Waals surface area contributed by atoms with Gasteiger partial charge in [-0.05, 0) is 44.4 Å². The van der Waals surface area contributed by atoms with Crippen molar-refractivity contribution in [3.63, 3.8) is 0 Å². The molecular formula is C12H20N2S. The van der Waals surface area contributed by atoms with Crippen molar-refractivity contribution in [3.05, 3.63) is 21.4 Å². The van der Waals surface area contributed by atoms with Crippen LogP contribution in [0.15, 0.2) is 6.07 Å².